The van der Waals surface area contributed by atoms with Crippen molar-refractivity contribution in [2.24, 2.45) is 22.2 Å². The van der Waals surface area contributed by atoms with Crippen LogP contribution in [-0.4, -0.2) is 0 Å². The van der Waals surface area contributed by atoms with Crippen molar-refractivity contribution >= 4 is 0 Å². The van der Waals surface area contributed by atoms with Gasteiger partial charge in [-0.3, -0.25) is 0 Å². The highest BCUT2D eigenvalue weighted by molar-refractivity contribution is 5.48. The molecule has 0 radical (unpaired) electrons. The Morgan fingerprint density at radius 3 is 2.50 bits per heavy atom. The van der Waals surface area contributed by atoms with Crippen LogP contribution in [0.5, 0.6) is 0 Å². The van der Waals surface area contributed by atoms with Crippen LogP contribution in [0.25, 0.3) is 0 Å². The molecule has 0 unspecified atom stereocenters. The predicted octanol–water partition coefficient (Wildman–Crippen LogP) is 2.73. The summed E-state index contributed by atoms with van der Waals surface area (Å²) < 4.78 is 0. The van der Waals surface area contributed by atoms with Crippen molar-refractivity contribution in [3.8, 4) is 6.07 Å². The maximum atomic E-state index is 8.98. The Kier molecular flexibility index (Phi) is 0.842. The Labute approximate surface area is 73.8 Å². The number of hydrogen-bond donors (Lipinski definition) is 0. The van der Waals surface area contributed by atoms with E-state index in [0.29, 0.717) is 10.8 Å². The number of nitriles is 1. The van der Waals surface area contributed by atoms with E-state index < -0.39 is 0 Å². The van der Waals surface area contributed by atoms with Gasteiger partial charge < -0.3 is 0 Å². The molecule has 3 fully saturated rings. The van der Waals surface area contributed by atoms with Gasteiger partial charge in [0.05, 0.1) is 11.5 Å². The SMILES string of the molecule is CC(C)C[C@]12C[C@]3(C#N)C[C@@]31C2. The summed E-state index contributed by atoms with van der Waals surface area (Å²) in [6.07, 6.45) is 5.22. The second kappa shape index (κ2) is 1.45. The summed E-state index contributed by atoms with van der Waals surface area (Å²) in [6, 6.07) is 2.53. The maximum absolute atomic E-state index is 8.98. The summed E-state index contributed by atoms with van der Waals surface area (Å²) in [4.78, 5) is 0. The Morgan fingerprint density at radius 2 is 2.08 bits per heavy atom. The quantitative estimate of drug-likeness (QED) is 0.611. The molecular formula is C11H15N. The molecule has 3 aliphatic carbocycles. The van der Waals surface area contributed by atoms with Gasteiger partial charge in [0.25, 0.3) is 0 Å². The van der Waals surface area contributed by atoms with Crippen molar-refractivity contribution in [2.45, 2.75) is 39.5 Å². The van der Waals surface area contributed by atoms with Crippen molar-refractivity contribution in [3.63, 3.8) is 0 Å². The van der Waals surface area contributed by atoms with Gasteiger partial charge in [-0.2, -0.15) is 5.26 Å². The van der Waals surface area contributed by atoms with Crippen molar-refractivity contribution in [3.05, 3.63) is 0 Å². The van der Waals surface area contributed by atoms with Gasteiger partial charge in [0.1, 0.15) is 0 Å². The second-order valence-electron chi connectivity index (χ2n) is 5.68. The van der Waals surface area contributed by atoms with E-state index in [1.54, 1.807) is 0 Å². The molecule has 3 rings (SSSR count). The number of hydrogen-bond acceptors (Lipinski definition) is 1. The van der Waals surface area contributed by atoms with Crippen LogP contribution in [0.2, 0.25) is 0 Å². The summed E-state index contributed by atoms with van der Waals surface area (Å²) in [5, 5.41) is 8.98. The van der Waals surface area contributed by atoms with Crippen LogP contribution >= 0.6 is 0 Å². The molecule has 0 heterocycles. The fourth-order valence-corrected chi connectivity index (χ4v) is 4.17. The van der Waals surface area contributed by atoms with Crippen LogP contribution < -0.4 is 0 Å². The lowest BCUT2D eigenvalue weighted by molar-refractivity contribution is 0.191. The first kappa shape index (κ1) is 6.95. The lowest BCUT2D eigenvalue weighted by Gasteiger charge is -2.30. The monoisotopic (exact) mass is 161 g/mol. The molecule has 3 saturated carbocycles. The molecular weight excluding hydrogens is 146 g/mol. The zero-order chi connectivity index (χ0) is 8.61. The molecule has 1 nitrogen and oxygen atoms in total. The smallest absolute Gasteiger partial charge is 0.0696 e. The van der Waals surface area contributed by atoms with Crippen molar-refractivity contribution in [1.29, 1.82) is 5.26 Å². The Bertz CT molecular complexity index is 301. The third-order valence-electron chi connectivity index (χ3n) is 4.58. The van der Waals surface area contributed by atoms with Crippen LogP contribution in [0.1, 0.15) is 39.5 Å². The summed E-state index contributed by atoms with van der Waals surface area (Å²) in [5.74, 6) is 0.821. The molecule has 0 saturated heterocycles. The van der Waals surface area contributed by atoms with Crippen LogP contribution in [0.3, 0.4) is 0 Å². The molecule has 0 amide bonds. The molecule has 0 N–H and O–H groups in total. The van der Waals surface area contributed by atoms with Gasteiger partial charge in [0.15, 0.2) is 0 Å². The van der Waals surface area contributed by atoms with Crippen LogP contribution in [-0.2, 0) is 0 Å². The molecule has 3 aliphatic rings. The normalized spacial score (nSPS) is 58.2. The molecule has 3 atom stereocenters. The largest absolute Gasteiger partial charge is 0.198 e. The minimum Gasteiger partial charge on any atom is -0.198 e. The zero-order valence-electron chi connectivity index (χ0n) is 7.85. The molecule has 0 aromatic carbocycles. The molecule has 1 spiro atoms. The Balaban J connectivity index is 1.78. The molecule has 12 heavy (non-hydrogen) atoms. The maximum Gasteiger partial charge on any atom is 0.0696 e. The molecule has 0 bridgehead atoms. The first-order valence-corrected chi connectivity index (χ1v) is 5.01. The van der Waals surface area contributed by atoms with Crippen LogP contribution in [0.15, 0.2) is 0 Å². The second-order valence-corrected chi connectivity index (χ2v) is 5.68. The molecule has 0 aromatic rings. The van der Waals surface area contributed by atoms with Gasteiger partial charge >= 0.3 is 0 Å². The Hall–Kier alpha value is -0.510. The van der Waals surface area contributed by atoms with Gasteiger partial charge in [-0.15, -0.1) is 0 Å². The van der Waals surface area contributed by atoms with E-state index in [-0.39, 0.29) is 5.41 Å². The summed E-state index contributed by atoms with van der Waals surface area (Å²) in [5.41, 5.74) is 1.43. The lowest BCUT2D eigenvalue weighted by atomic mass is 9.72. The lowest BCUT2D eigenvalue weighted by Crippen LogP contribution is -2.26. The molecule has 0 aromatic heterocycles. The van der Waals surface area contributed by atoms with Gasteiger partial charge in [0, 0.05) is 0 Å². The predicted molar refractivity (Wildman–Crippen MR) is 46.2 cm³/mol. The van der Waals surface area contributed by atoms with Crippen LogP contribution in [0.4, 0.5) is 0 Å². The highest BCUT2D eigenvalue weighted by Crippen LogP contribution is 3.01. The van der Waals surface area contributed by atoms with Crippen molar-refractivity contribution in [2.75, 3.05) is 0 Å². The van der Waals surface area contributed by atoms with E-state index >= 15 is 0 Å². The third-order valence-corrected chi connectivity index (χ3v) is 4.58. The van der Waals surface area contributed by atoms with E-state index in [4.69, 9.17) is 5.26 Å². The van der Waals surface area contributed by atoms with E-state index in [1.807, 2.05) is 0 Å². The minimum atomic E-state index is 0.196. The highest BCUT2D eigenvalue weighted by Gasteiger charge is 2.96. The fourth-order valence-electron chi connectivity index (χ4n) is 4.17. The average Bonchev–Trinajstić information content (AvgIpc) is 2.70. The fraction of sp³-hybridized carbons (Fsp3) is 0.909. The van der Waals surface area contributed by atoms with Gasteiger partial charge in [-0.1, -0.05) is 13.8 Å². The summed E-state index contributed by atoms with van der Waals surface area (Å²) >= 11 is 0. The number of rotatable bonds is 2. The molecule has 1 heteroatoms. The third kappa shape index (κ3) is 0.439. The van der Waals surface area contributed by atoms with Gasteiger partial charge in [-0.05, 0) is 42.4 Å². The molecule has 64 valence electrons. The zero-order valence-corrected chi connectivity index (χ0v) is 7.85. The summed E-state index contributed by atoms with van der Waals surface area (Å²) in [7, 11) is 0. The molecule has 0 aliphatic heterocycles. The first-order valence-electron chi connectivity index (χ1n) is 5.01. The average molecular weight is 161 g/mol. The first-order chi connectivity index (χ1) is 5.60. The summed E-state index contributed by atoms with van der Waals surface area (Å²) in [6.45, 7) is 4.60. The highest BCUT2D eigenvalue weighted by atomic mass is 15.0. The van der Waals surface area contributed by atoms with E-state index in [0.717, 1.165) is 5.92 Å². The minimum absolute atomic E-state index is 0.196. The van der Waals surface area contributed by atoms with E-state index in [1.165, 1.54) is 25.7 Å². The van der Waals surface area contributed by atoms with E-state index in [9.17, 15) is 0 Å². The Morgan fingerprint density at radius 1 is 1.33 bits per heavy atom. The topological polar surface area (TPSA) is 23.8 Å². The van der Waals surface area contributed by atoms with Crippen LogP contribution in [0, 0.1) is 33.5 Å². The van der Waals surface area contributed by atoms with Gasteiger partial charge in [0.2, 0.25) is 0 Å². The van der Waals surface area contributed by atoms with E-state index in [2.05, 4.69) is 19.9 Å². The van der Waals surface area contributed by atoms with Crippen molar-refractivity contribution < 1.29 is 0 Å². The standard InChI is InChI=1S/C11H15N/c1-8(2)3-9-4-10(7-12)6-11(9,10)5-9/h8H,3-6H2,1-2H3/t9-,10-,11-/m1/s1. The van der Waals surface area contributed by atoms with Gasteiger partial charge in [-0.25, -0.2) is 0 Å². The van der Waals surface area contributed by atoms with Crippen molar-refractivity contribution in [1.82, 2.24) is 0 Å². The number of nitrogens with zero attached hydrogens (tertiary/aromatic N) is 1.